The predicted octanol–water partition coefficient (Wildman–Crippen LogP) is 4.77. The molecule has 0 radical (unpaired) electrons. The zero-order chi connectivity index (χ0) is 11.8. The van der Waals surface area contributed by atoms with E-state index < -0.39 is 0 Å². The van der Waals surface area contributed by atoms with Crippen molar-refractivity contribution in [3.05, 3.63) is 56.0 Å². The molecular formula is C13H10BrNS2. The van der Waals surface area contributed by atoms with E-state index in [0.717, 1.165) is 4.47 Å². The van der Waals surface area contributed by atoms with Gasteiger partial charge in [0.2, 0.25) is 0 Å². The highest BCUT2D eigenvalue weighted by molar-refractivity contribution is 9.10. The molecule has 0 saturated heterocycles. The van der Waals surface area contributed by atoms with E-state index in [4.69, 9.17) is 5.73 Å². The second-order valence-electron chi connectivity index (χ2n) is 3.80. The molecule has 86 valence electrons. The van der Waals surface area contributed by atoms with Gasteiger partial charge in [0.15, 0.2) is 0 Å². The first-order chi connectivity index (χ1) is 8.27. The number of hydrogen-bond donors (Lipinski definition) is 1. The molecule has 0 aliphatic heterocycles. The fourth-order valence-electron chi connectivity index (χ4n) is 1.93. The number of hydrogen-bond acceptors (Lipinski definition) is 3. The van der Waals surface area contributed by atoms with Crippen molar-refractivity contribution in [3.63, 3.8) is 0 Å². The molecule has 0 bridgehead atoms. The van der Waals surface area contributed by atoms with Crippen molar-refractivity contribution >= 4 is 48.7 Å². The highest BCUT2D eigenvalue weighted by Crippen LogP contribution is 2.36. The molecule has 2 N–H and O–H groups in total. The van der Waals surface area contributed by atoms with Gasteiger partial charge in [-0.25, -0.2) is 0 Å². The predicted molar refractivity (Wildman–Crippen MR) is 79.9 cm³/mol. The Labute approximate surface area is 116 Å². The van der Waals surface area contributed by atoms with Gasteiger partial charge in [-0.1, -0.05) is 18.2 Å². The maximum absolute atomic E-state index is 6.37. The summed E-state index contributed by atoms with van der Waals surface area (Å²) in [4.78, 5) is 1.19. The van der Waals surface area contributed by atoms with E-state index in [0.29, 0.717) is 0 Å². The largest absolute Gasteiger partial charge is 0.320 e. The van der Waals surface area contributed by atoms with Crippen LogP contribution in [0.5, 0.6) is 0 Å². The lowest BCUT2D eigenvalue weighted by molar-refractivity contribution is 0.900. The van der Waals surface area contributed by atoms with Crippen molar-refractivity contribution in [3.8, 4) is 0 Å². The maximum Gasteiger partial charge on any atom is 0.0671 e. The molecule has 1 nitrogen and oxygen atoms in total. The van der Waals surface area contributed by atoms with Crippen molar-refractivity contribution < 1.29 is 0 Å². The van der Waals surface area contributed by atoms with E-state index in [1.54, 1.807) is 22.7 Å². The molecule has 0 saturated carbocycles. The summed E-state index contributed by atoms with van der Waals surface area (Å²) in [6.45, 7) is 0. The first-order valence-electron chi connectivity index (χ1n) is 5.22. The fraction of sp³-hybridized carbons (Fsp3) is 0.0769. The maximum atomic E-state index is 6.37. The first kappa shape index (κ1) is 11.4. The Bertz CT molecular complexity index is 656. The van der Waals surface area contributed by atoms with Crippen molar-refractivity contribution in [1.82, 2.24) is 0 Å². The summed E-state index contributed by atoms with van der Waals surface area (Å²) in [5.41, 5.74) is 7.58. The van der Waals surface area contributed by atoms with Crippen LogP contribution in [0.4, 0.5) is 0 Å². The van der Waals surface area contributed by atoms with Crippen LogP contribution in [0.15, 0.2) is 45.6 Å². The Morgan fingerprint density at radius 2 is 1.88 bits per heavy atom. The van der Waals surface area contributed by atoms with Gasteiger partial charge in [0, 0.05) is 14.0 Å². The van der Waals surface area contributed by atoms with Crippen molar-refractivity contribution in [2.24, 2.45) is 5.73 Å². The SMILES string of the molecule is NC(c1sccc1Br)c1cccc2ccsc12. The second-order valence-corrected chi connectivity index (χ2v) is 6.51. The number of nitrogens with two attached hydrogens (primary N) is 1. The fourth-order valence-corrected chi connectivity index (χ4v) is 4.52. The van der Waals surface area contributed by atoms with Crippen molar-refractivity contribution in [2.45, 2.75) is 6.04 Å². The molecule has 1 unspecified atom stereocenters. The summed E-state index contributed by atoms with van der Waals surface area (Å²) in [5.74, 6) is 0. The summed E-state index contributed by atoms with van der Waals surface area (Å²) >= 11 is 7.00. The number of benzene rings is 1. The quantitative estimate of drug-likeness (QED) is 0.722. The highest BCUT2D eigenvalue weighted by atomic mass is 79.9. The Kier molecular flexibility index (Phi) is 3.04. The van der Waals surface area contributed by atoms with Crippen LogP contribution in [-0.4, -0.2) is 0 Å². The van der Waals surface area contributed by atoms with Gasteiger partial charge in [-0.05, 0) is 49.8 Å². The van der Waals surface area contributed by atoms with E-state index in [-0.39, 0.29) is 6.04 Å². The lowest BCUT2D eigenvalue weighted by Gasteiger charge is -2.12. The monoisotopic (exact) mass is 323 g/mol. The molecule has 0 spiro atoms. The van der Waals surface area contributed by atoms with Crippen LogP contribution in [0.1, 0.15) is 16.5 Å². The van der Waals surface area contributed by atoms with Gasteiger partial charge in [-0.2, -0.15) is 0 Å². The van der Waals surface area contributed by atoms with E-state index in [2.05, 4.69) is 57.0 Å². The van der Waals surface area contributed by atoms with Crippen LogP contribution in [0.3, 0.4) is 0 Å². The third kappa shape index (κ3) is 1.95. The van der Waals surface area contributed by atoms with Crippen molar-refractivity contribution in [1.29, 1.82) is 0 Å². The molecule has 4 heteroatoms. The second kappa shape index (κ2) is 4.53. The molecule has 17 heavy (non-hydrogen) atoms. The standard InChI is InChI=1S/C13H10BrNS2/c14-10-5-7-17-13(10)11(15)9-3-1-2-8-4-6-16-12(8)9/h1-7,11H,15H2. The van der Waals surface area contributed by atoms with Gasteiger partial charge in [-0.3, -0.25) is 0 Å². The average Bonchev–Trinajstić information content (AvgIpc) is 2.95. The molecule has 3 rings (SSSR count). The summed E-state index contributed by atoms with van der Waals surface area (Å²) in [6.07, 6.45) is 0. The minimum absolute atomic E-state index is 0.0493. The van der Waals surface area contributed by atoms with Crippen LogP contribution >= 0.6 is 38.6 Å². The summed E-state index contributed by atoms with van der Waals surface area (Å²) in [5, 5.41) is 5.45. The van der Waals surface area contributed by atoms with E-state index in [1.807, 2.05) is 0 Å². The topological polar surface area (TPSA) is 26.0 Å². The lowest BCUT2D eigenvalue weighted by atomic mass is 10.0. The molecule has 2 aromatic heterocycles. The first-order valence-corrected chi connectivity index (χ1v) is 7.77. The van der Waals surface area contributed by atoms with Gasteiger partial charge in [0.05, 0.1) is 6.04 Å². The molecule has 0 fully saturated rings. The smallest absolute Gasteiger partial charge is 0.0671 e. The molecule has 1 atom stereocenters. The highest BCUT2D eigenvalue weighted by Gasteiger charge is 2.16. The van der Waals surface area contributed by atoms with Crippen LogP contribution in [0, 0.1) is 0 Å². The third-order valence-corrected chi connectivity index (χ3v) is 5.70. The number of fused-ring (bicyclic) bond motifs is 1. The average molecular weight is 324 g/mol. The molecule has 1 aromatic carbocycles. The molecule has 0 aliphatic rings. The molecule has 3 aromatic rings. The minimum atomic E-state index is -0.0493. The Balaban J connectivity index is 2.15. The minimum Gasteiger partial charge on any atom is -0.320 e. The third-order valence-electron chi connectivity index (χ3n) is 2.77. The van der Waals surface area contributed by atoms with Gasteiger partial charge in [0.25, 0.3) is 0 Å². The molecule has 0 amide bonds. The van der Waals surface area contributed by atoms with Gasteiger partial charge in [0.1, 0.15) is 0 Å². The van der Waals surface area contributed by atoms with E-state index >= 15 is 0 Å². The molecule has 2 heterocycles. The lowest BCUT2D eigenvalue weighted by Crippen LogP contribution is -2.10. The van der Waals surface area contributed by atoms with E-state index in [9.17, 15) is 0 Å². The summed E-state index contributed by atoms with van der Waals surface area (Å²) < 4.78 is 2.39. The van der Waals surface area contributed by atoms with Gasteiger partial charge >= 0.3 is 0 Å². The summed E-state index contributed by atoms with van der Waals surface area (Å²) in [6, 6.07) is 10.5. The zero-order valence-electron chi connectivity index (χ0n) is 8.89. The summed E-state index contributed by atoms with van der Waals surface area (Å²) in [7, 11) is 0. The Morgan fingerprint density at radius 1 is 1.06 bits per heavy atom. The zero-order valence-corrected chi connectivity index (χ0v) is 12.1. The van der Waals surface area contributed by atoms with Crippen LogP contribution < -0.4 is 5.73 Å². The van der Waals surface area contributed by atoms with Crippen LogP contribution in [-0.2, 0) is 0 Å². The Hall–Kier alpha value is -0.680. The van der Waals surface area contributed by atoms with Crippen LogP contribution in [0.25, 0.3) is 10.1 Å². The Morgan fingerprint density at radius 3 is 2.65 bits per heavy atom. The number of thiophene rings is 2. The van der Waals surface area contributed by atoms with Gasteiger partial charge in [-0.15, -0.1) is 22.7 Å². The molecule has 0 aliphatic carbocycles. The van der Waals surface area contributed by atoms with Gasteiger partial charge < -0.3 is 5.73 Å². The normalized spacial score (nSPS) is 13.1. The van der Waals surface area contributed by atoms with Crippen molar-refractivity contribution in [2.75, 3.05) is 0 Å². The van der Waals surface area contributed by atoms with Crippen LogP contribution in [0.2, 0.25) is 0 Å². The number of rotatable bonds is 2. The number of halogens is 1. The molecular weight excluding hydrogens is 314 g/mol. The van der Waals surface area contributed by atoms with E-state index in [1.165, 1.54) is 20.5 Å².